The molecule has 0 spiro atoms. The van der Waals surface area contributed by atoms with Gasteiger partial charge in [-0.05, 0) is 41.0 Å². The van der Waals surface area contributed by atoms with Crippen LogP contribution < -0.4 is 10.6 Å². The van der Waals surface area contributed by atoms with Crippen molar-refractivity contribution in [3.63, 3.8) is 0 Å². The first-order valence-electron chi connectivity index (χ1n) is 11.5. The van der Waals surface area contributed by atoms with Crippen LogP contribution in [-0.2, 0) is 19.1 Å². The second-order valence-electron chi connectivity index (χ2n) is 8.60. The summed E-state index contributed by atoms with van der Waals surface area (Å²) < 4.78 is 10.3. The van der Waals surface area contributed by atoms with E-state index in [1.807, 2.05) is 31.2 Å². The van der Waals surface area contributed by atoms with Crippen LogP contribution in [0.4, 0.5) is 4.79 Å². The van der Waals surface area contributed by atoms with Gasteiger partial charge in [0.1, 0.15) is 6.61 Å². The molecule has 2 aromatic carbocycles. The molecule has 3 N–H and O–H groups in total. The molecule has 1 aliphatic carbocycles. The van der Waals surface area contributed by atoms with Crippen molar-refractivity contribution in [3.05, 3.63) is 59.7 Å². The average molecular weight is 469 g/mol. The molecule has 0 radical (unpaired) electrons. The Morgan fingerprint density at radius 2 is 1.62 bits per heavy atom. The van der Waals surface area contributed by atoms with Gasteiger partial charge < -0.3 is 25.2 Å². The number of hydrogen-bond acceptors (Lipinski definition) is 5. The number of alkyl carbamates (subject to hydrolysis) is 1. The van der Waals surface area contributed by atoms with Crippen molar-refractivity contribution < 1.29 is 29.0 Å². The van der Waals surface area contributed by atoms with Gasteiger partial charge in [0.05, 0.1) is 6.61 Å². The largest absolute Gasteiger partial charge is 0.480 e. The van der Waals surface area contributed by atoms with Gasteiger partial charge in [0, 0.05) is 26.0 Å². The number of benzene rings is 2. The van der Waals surface area contributed by atoms with Crippen molar-refractivity contribution >= 4 is 18.0 Å². The molecule has 2 amide bonds. The van der Waals surface area contributed by atoms with Crippen LogP contribution in [-0.4, -0.2) is 56.0 Å². The standard InChI is InChI=1S/C26H32N2O6/c1-17(11-12-24(29)28-23(16-33-2)25(30)31)13-14-27-26(32)34-15-22-20-9-5-3-7-18(20)19-8-4-6-10-21(19)22/h3-10,17,22-23H,11-16H2,1-2H3,(H,27,32)(H,28,29)(H,30,31). The summed E-state index contributed by atoms with van der Waals surface area (Å²) >= 11 is 0. The number of carboxylic acid groups (broad SMARTS) is 1. The Labute approximate surface area is 199 Å². The Balaban J connectivity index is 1.37. The smallest absolute Gasteiger partial charge is 0.407 e. The maximum atomic E-state index is 12.3. The molecule has 2 unspecified atom stereocenters. The number of fused-ring (bicyclic) bond motifs is 3. The maximum Gasteiger partial charge on any atom is 0.407 e. The number of carbonyl (C=O) groups excluding carboxylic acids is 2. The number of amides is 2. The highest BCUT2D eigenvalue weighted by Crippen LogP contribution is 2.44. The van der Waals surface area contributed by atoms with Crippen LogP contribution >= 0.6 is 0 Å². The third-order valence-corrected chi connectivity index (χ3v) is 6.08. The zero-order valence-corrected chi connectivity index (χ0v) is 19.6. The summed E-state index contributed by atoms with van der Waals surface area (Å²) in [5.41, 5.74) is 4.70. The van der Waals surface area contributed by atoms with E-state index in [0.717, 1.165) is 0 Å². The van der Waals surface area contributed by atoms with Gasteiger partial charge in [0.15, 0.2) is 6.04 Å². The van der Waals surface area contributed by atoms with Gasteiger partial charge in [-0.3, -0.25) is 4.79 Å². The Hall–Kier alpha value is -3.39. The number of methoxy groups -OCH3 is 1. The number of carbonyl (C=O) groups is 3. The SMILES string of the molecule is COCC(NC(=O)CCC(C)CCNC(=O)OCC1c2ccccc2-c2ccccc21)C(=O)O. The quantitative estimate of drug-likeness (QED) is 0.439. The molecule has 3 rings (SSSR count). The summed E-state index contributed by atoms with van der Waals surface area (Å²) in [6, 6.07) is 15.3. The molecule has 0 aliphatic heterocycles. The van der Waals surface area contributed by atoms with E-state index in [1.54, 1.807) is 0 Å². The fraction of sp³-hybridized carbons (Fsp3) is 0.423. The lowest BCUT2D eigenvalue weighted by Gasteiger charge is -2.16. The van der Waals surface area contributed by atoms with Gasteiger partial charge in [-0.2, -0.15) is 0 Å². The van der Waals surface area contributed by atoms with Crippen molar-refractivity contribution in [2.45, 2.75) is 38.1 Å². The van der Waals surface area contributed by atoms with E-state index >= 15 is 0 Å². The minimum absolute atomic E-state index is 0.0170. The monoisotopic (exact) mass is 468 g/mol. The van der Waals surface area contributed by atoms with E-state index in [2.05, 4.69) is 34.9 Å². The second-order valence-corrected chi connectivity index (χ2v) is 8.60. The molecule has 8 nitrogen and oxygen atoms in total. The first-order valence-corrected chi connectivity index (χ1v) is 11.5. The van der Waals surface area contributed by atoms with Crippen LogP contribution in [0.3, 0.4) is 0 Å². The highest BCUT2D eigenvalue weighted by Gasteiger charge is 2.29. The third-order valence-electron chi connectivity index (χ3n) is 6.08. The minimum Gasteiger partial charge on any atom is -0.480 e. The maximum absolute atomic E-state index is 12.3. The first kappa shape index (κ1) is 25.2. The molecule has 8 heteroatoms. The lowest BCUT2D eigenvalue weighted by atomic mass is 9.98. The highest BCUT2D eigenvalue weighted by atomic mass is 16.5. The molecule has 2 atom stereocenters. The summed E-state index contributed by atoms with van der Waals surface area (Å²) in [5, 5.41) is 14.3. The minimum atomic E-state index is -1.13. The Bertz CT molecular complexity index is 963. The molecular formula is C26H32N2O6. The molecule has 0 bridgehead atoms. The predicted octanol–water partition coefficient (Wildman–Crippen LogP) is 3.55. The van der Waals surface area contributed by atoms with E-state index in [-0.39, 0.29) is 37.4 Å². The van der Waals surface area contributed by atoms with Crippen molar-refractivity contribution in [2.24, 2.45) is 5.92 Å². The molecule has 182 valence electrons. The van der Waals surface area contributed by atoms with Crippen LogP contribution in [0, 0.1) is 5.92 Å². The number of rotatable bonds is 12. The lowest BCUT2D eigenvalue weighted by molar-refractivity contribution is -0.143. The lowest BCUT2D eigenvalue weighted by Crippen LogP contribution is -2.43. The summed E-state index contributed by atoms with van der Waals surface area (Å²) in [4.78, 5) is 35.3. The third kappa shape index (κ3) is 6.57. The van der Waals surface area contributed by atoms with Crippen molar-refractivity contribution in [3.8, 4) is 11.1 Å². The van der Waals surface area contributed by atoms with Gasteiger partial charge in [-0.1, -0.05) is 55.5 Å². The topological polar surface area (TPSA) is 114 Å². The van der Waals surface area contributed by atoms with Crippen LogP contribution in [0.5, 0.6) is 0 Å². The number of carboxylic acids is 1. The number of nitrogens with one attached hydrogen (secondary N) is 2. The Morgan fingerprint density at radius 3 is 2.21 bits per heavy atom. The van der Waals surface area contributed by atoms with E-state index in [4.69, 9.17) is 14.6 Å². The fourth-order valence-electron chi connectivity index (χ4n) is 4.20. The zero-order chi connectivity index (χ0) is 24.5. The number of hydrogen-bond donors (Lipinski definition) is 3. The van der Waals surface area contributed by atoms with E-state index < -0.39 is 18.1 Å². The first-order chi connectivity index (χ1) is 16.4. The van der Waals surface area contributed by atoms with Gasteiger partial charge in [-0.15, -0.1) is 0 Å². The van der Waals surface area contributed by atoms with E-state index in [0.29, 0.717) is 19.4 Å². The highest BCUT2D eigenvalue weighted by molar-refractivity contribution is 5.83. The summed E-state index contributed by atoms with van der Waals surface area (Å²) in [6.45, 7) is 2.60. The normalized spacial score (nSPS) is 13.9. The Morgan fingerprint density at radius 1 is 1.00 bits per heavy atom. The molecule has 0 aromatic heterocycles. The van der Waals surface area contributed by atoms with Gasteiger partial charge in [-0.25, -0.2) is 9.59 Å². The molecule has 0 fully saturated rings. The van der Waals surface area contributed by atoms with Crippen molar-refractivity contribution in [1.29, 1.82) is 0 Å². The van der Waals surface area contributed by atoms with Crippen molar-refractivity contribution in [1.82, 2.24) is 10.6 Å². The number of aliphatic carboxylic acids is 1. The molecule has 0 heterocycles. The molecule has 0 saturated carbocycles. The summed E-state index contributed by atoms with van der Waals surface area (Å²) in [5.74, 6) is -1.27. The average Bonchev–Trinajstić information content (AvgIpc) is 3.15. The van der Waals surface area contributed by atoms with Crippen LogP contribution in [0.2, 0.25) is 0 Å². The predicted molar refractivity (Wildman–Crippen MR) is 128 cm³/mol. The summed E-state index contributed by atoms with van der Waals surface area (Å²) in [6.07, 6.45) is 1.00. The zero-order valence-electron chi connectivity index (χ0n) is 19.6. The molecular weight excluding hydrogens is 436 g/mol. The van der Waals surface area contributed by atoms with E-state index in [9.17, 15) is 14.4 Å². The molecule has 1 aliphatic rings. The number of ether oxygens (including phenoxy) is 2. The molecule has 2 aromatic rings. The Kier molecular flexibility index (Phi) is 9.04. The second kappa shape index (κ2) is 12.2. The summed E-state index contributed by atoms with van der Waals surface area (Å²) in [7, 11) is 1.38. The van der Waals surface area contributed by atoms with Crippen LogP contribution in [0.1, 0.15) is 43.2 Å². The van der Waals surface area contributed by atoms with Crippen LogP contribution in [0.15, 0.2) is 48.5 Å². The van der Waals surface area contributed by atoms with E-state index in [1.165, 1.54) is 29.4 Å². The van der Waals surface area contributed by atoms with Gasteiger partial charge in [0.2, 0.25) is 5.91 Å². The molecule has 34 heavy (non-hydrogen) atoms. The van der Waals surface area contributed by atoms with Crippen LogP contribution in [0.25, 0.3) is 11.1 Å². The molecule has 0 saturated heterocycles. The fourth-order valence-corrected chi connectivity index (χ4v) is 4.20. The van der Waals surface area contributed by atoms with Crippen molar-refractivity contribution in [2.75, 3.05) is 26.9 Å². The van der Waals surface area contributed by atoms with Gasteiger partial charge >= 0.3 is 12.1 Å². The van der Waals surface area contributed by atoms with Gasteiger partial charge in [0.25, 0.3) is 0 Å².